The summed E-state index contributed by atoms with van der Waals surface area (Å²) < 4.78 is 54.0. The number of halogens is 1. The fourth-order valence-corrected chi connectivity index (χ4v) is 4.55. The minimum Gasteiger partial charge on any atom is -0.492 e. The molecule has 4 rings (SSSR count). The first kappa shape index (κ1) is 25.7. The summed E-state index contributed by atoms with van der Waals surface area (Å²) in [6.45, 7) is 2.42. The lowest BCUT2D eigenvalue weighted by Crippen LogP contribution is -2.17. The van der Waals surface area contributed by atoms with Crippen LogP contribution in [0.15, 0.2) is 102 Å². The molecule has 4 aromatic rings. The van der Waals surface area contributed by atoms with Crippen molar-refractivity contribution in [2.75, 3.05) is 16.6 Å². The number of ether oxygens (including phenoxy) is 2. The molecule has 9 heteroatoms. The summed E-state index contributed by atoms with van der Waals surface area (Å²) in [4.78, 5) is 12.5. The Labute approximate surface area is 214 Å². The van der Waals surface area contributed by atoms with Crippen LogP contribution in [0.2, 0.25) is 0 Å². The lowest BCUT2D eigenvalue weighted by atomic mass is 10.2. The second-order valence-electron chi connectivity index (χ2n) is 7.93. The topological polar surface area (TPSA) is 93.7 Å². The highest BCUT2D eigenvalue weighted by molar-refractivity contribution is 7.92. The van der Waals surface area contributed by atoms with Crippen LogP contribution in [0.1, 0.15) is 22.8 Å². The normalized spacial score (nSPS) is 11.0. The molecule has 37 heavy (non-hydrogen) atoms. The maximum atomic E-state index is 14.1. The Balaban J connectivity index is 1.50. The molecule has 0 unspecified atom stereocenters. The predicted octanol–water partition coefficient (Wildman–Crippen LogP) is 5.86. The van der Waals surface area contributed by atoms with Crippen molar-refractivity contribution < 1.29 is 27.1 Å². The van der Waals surface area contributed by atoms with Gasteiger partial charge in [-0.1, -0.05) is 42.5 Å². The molecule has 0 fully saturated rings. The average Bonchev–Trinajstić information content (AvgIpc) is 2.90. The number of benzene rings is 4. The molecule has 4 aromatic carbocycles. The van der Waals surface area contributed by atoms with E-state index in [1.54, 1.807) is 31.2 Å². The second-order valence-corrected chi connectivity index (χ2v) is 9.61. The highest BCUT2D eigenvalue weighted by Crippen LogP contribution is 2.30. The van der Waals surface area contributed by atoms with Crippen molar-refractivity contribution in [3.63, 3.8) is 0 Å². The van der Waals surface area contributed by atoms with Gasteiger partial charge >= 0.3 is 0 Å². The van der Waals surface area contributed by atoms with E-state index in [1.165, 1.54) is 42.5 Å². The maximum absolute atomic E-state index is 14.1. The Hall–Kier alpha value is -4.37. The van der Waals surface area contributed by atoms with Gasteiger partial charge in [-0.2, -0.15) is 0 Å². The van der Waals surface area contributed by atoms with Gasteiger partial charge in [0, 0.05) is 5.69 Å². The number of rotatable bonds is 10. The smallest absolute Gasteiger partial charge is 0.261 e. The summed E-state index contributed by atoms with van der Waals surface area (Å²) in [5.74, 6) is -0.579. The van der Waals surface area contributed by atoms with Gasteiger partial charge in [-0.25, -0.2) is 12.8 Å². The van der Waals surface area contributed by atoms with Gasteiger partial charge in [-0.15, -0.1) is 0 Å². The number of anilines is 2. The van der Waals surface area contributed by atoms with Gasteiger partial charge in [-0.3, -0.25) is 9.52 Å². The van der Waals surface area contributed by atoms with Gasteiger partial charge in [0.15, 0.2) is 0 Å². The predicted molar refractivity (Wildman–Crippen MR) is 140 cm³/mol. The Kier molecular flexibility index (Phi) is 8.05. The largest absolute Gasteiger partial charge is 0.492 e. The molecule has 0 heterocycles. The van der Waals surface area contributed by atoms with Crippen LogP contribution in [0.3, 0.4) is 0 Å². The van der Waals surface area contributed by atoms with E-state index in [9.17, 15) is 17.6 Å². The second kappa shape index (κ2) is 11.6. The van der Waals surface area contributed by atoms with Gasteiger partial charge in [0.2, 0.25) is 0 Å². The van der Waals surface area contributed by atoms with E-state index in [0.717, 1.165) is 5.56 Å². The molecule has 0 aliphatic rings. The van der Waals surface area contributed by atoms with Gasteiger partial charge in [0.1, 0.15) is 23.9 Å². The summed E-state index contributed by atoms with van der Waals surface area (Å²) in [7, 11) is -4.02. The number of carbonyl (C=O) groups excluding carboxylic acids is 1. The van der Waals surface area contributed by atoms with Crippen molar-refractivity contribution >= 4 is 27.3 Å². The third kappa shape index (κ3) is 6.65. The zero-order valence-electron chi connectivity index (χ0n) is 20.0. The molecule has 1 amide bonds. The maximum Gasteiger partial charge on any atom is 0.261 e. The zero-order valence-corrected chi connectivity index (χ0v) is 20.8. The first-order valence-electron chi connectivity index (χ1n) is 11.5. The highest BCUT2D eigenvalue weighted by Gasteiger charge is 2.19. The Bertz CT molecular complexity index is 1480. The van der Waals surface area contributed by atoms with E-state index in [-0.39, 0.29) is 28.5 Å². The molecule has 0 saturated heterocycles. The molecule has 7 nitrogen and oxygen atoms in total. The summed E-state index contributed by atoms with van der Waals surface area (Å²) >= 11 is 0. The Morgan fingerprint density at radius 2 is 1.57 bits per heavy atom. The average molecular weight is 521 g/mol. The lowest BCUT2D eigenvalue weighted by Gasteiger charge is -2.15. The van der Waals surface area contributed by atoms with Gasteiger partial charge in [-0.05, 0) is 67.1 Å². The number of hydrogen-bond acceptors (Lipinski definition) is 5. The molecule has 0 aromatic heterocycles. The Morgan fingerprint density at radius 1 is 0.865 bits per heavy atom. The van der Waals surface area contributed by atoms with Crippen LogP contribution in [-0.2, 0) is 16.6 Å². The van der Waals surface area contributed by atoms with Crippen molar-refractivity contribution in [2.24, 2.45) is 0 Å². The SMILES string of the molecule is CCOc1ccc(S(=O)(=O)Nc2ccc(OCc3ccccc3)cc2)cc1NC(=O)c1ccccc1F. The standard InChI is InChI=1S/C28H25FN2O5S/c1-2-35-27-17-16-23(18-26(27)30-28(32)24-10-6-7-11-25(24)29)37(33,34)31-21-12-14-22(15-13-21)36-19-20-8-4-3-5-9-20/h3-18,31H,2,19H2,1H3,(H,30,32). The fraction of sp³-hybridized carbons (Fsp3) is 0.107. The molecule has 0 radical (unpaired) electrons. The molecule has 0 atom stereocenters. The van der Waals surface area contributed by atoms with Crippen molar-refractivity contribution in [2.45, 2.75) is 18.4 Å². The lowest BCUT2D eigenvalue weighted by molar-refractivity contribution is 0.102. The number of carbonyl (C=O) groups is 1. The van der Waals surface area contributed by atoms with E-state index in [0.29, 0.717) is 18.0 Å². The molecule has 0 aliphatic carbocycles. The molecule has 2 N–H and O–H groups in total. The quantitative estimate of drug-likeness (QED) is 0.273. The number of nitrogens with one attached hydrogen (secondary N) is 2. The van der Waals surface area contributed by atoms with Crippen LogP contribution in [0, 0.1) is 5.82 Å². The van der Waals surface area contributed by atoms with Gasteiger partial charge < -0.3 is 14.8 Å². The Morgan fingerprint density at radius 3 is 2.27 bits per heavy atom. The van der Waals surface area contributed by atoms with Crippen molar-refractivity contribution in [1.82, 2.24) is 0 Å². The monoisotopic (exact) mass is 520 g/mol. The molecular formula is C28H25FN2O5S. The molecule has 0 bridgehead atoms. The van der Waals surface area contributed by atoms with Crippen LogP contribution in [0.5, 0.6) is 11.5 Å². The van der Waals surface area contributed by atoms with Crippen molar-refractivity contribution in [3.05, 3.63) is 114 Å². The summed E-state index contributed by atoms with van der Waals surface area (Å²) in [6, 6.07) is 25.8. The third-order valence-electron chi connectivity index (χ3n) is 5.28. The molecule has 0 spiro atoms. The van der Waals surface area contributed by atoms with E-state index < -0.39 is 21.7 Å². The summed E-state index contributed by atoms with van der Waals surface area (Å²) in [6.07, 6.45) is 0. The van der Waals surface area contributed by atoms with Gasteiger partial charge in [0.25, 0.3) is 15.9 Å². The summed E-state index contributed by atoms with van der Waals surface area (Å²) in [5, 5.41) is 2.55. The van der Waals surface area contributed by atoms with Crippen LogP contribution >= 0.6 is 0 Å². The van der Waals surface area contributed by atoms with E-state index in [2.05, 4.69) is 10.0 Å². The number of sulfonamides is 1. The minimum atomic E-state index is -4.02. The van der Waals surface area contributed by atoms with Gasteiger partial charge in [0.05, 0.1) is 22.8 Å². The molecule has 190 valence electrons. The zero-order chi connectivity index (χ0) is 26.3. The molecular weight excluding hydrogens is 495 g/mol. The summed E-state index contributed by atoms with van der Waals surface area (Å²) in [5.41, 5.74) is 1.27. The molecule has 0 aliphatic heterocycles. The number of amides is 1. The van der Waals surface area contributed by atoms with Crippen LogP contribution < -0.4 is 19.5 Å². The van der Waals surface area contributed by atoms with E-state index in [4.69, 9.17) is 9.47 Å². The third-order valence-corrected chi connectivity index (χ3v) is 6.66. The first-order valence-corrected chi connectivity index (χ1v) is 13.0. The number of hydrogen-bond donors (Lipinski definition) is 2. The van der Waals surface area contributed by atoms with Crippen LogP contribution in [-0.4, -0.2) is 20.9 Å². The molecule has 0 saturated carbocycles. The van der Waals surface area contributed by atoms with Crippen LogP contribution in [0.25, 0.3) is 0 Å². The van der Waals surface area contributed by atoms with E-state index in [1.807, 2.05) is 30.3 Å². The van der Waals surface area contributed by atoms with Crippen molar-refractivity contribution in [3.8, 4) is 11.5 Å². The highest BCUT2D eigenvalue weighted by atomic mass is 32.2. The van der Waals surface area contributed by atoms with Crippen LogP contribution in [0.4, 0.5) is 15.8 Å². The van der Waals surface area contributed by atoms with E-state index >= 15 is 0 Å². The fourth-order valence-electron chi connectivity index (χ4n) is 3.46. The first-order chi connectivity index (χ1) is 17.9. The van der Waals surface area contributed by atoms with Crippen molar-refractivity contribution in [1.29, 1.82) is 0 Å². The minimum absolute atomic E-state index is 0.0997.